The summed E-state index contributed by atoms with van der Waals surface area (Å²) in [6, 6.07) is 5.41. The summed E-state index contributed by atoms with van der Waals surface area (Å²) in [6.07, 6.45) is 4.02. The van der Waals surface area contributed by atoms with E-state index in [1.54, 1.807) is 0 Å². The van der Waals surface area contributed by atoms with Crippen LogP contribution in [0.1, 0.15) is 25.7 Å². The van der Waals surface area contributed by atoms with Crippen molar-refractivity contribution < 1.29 is 4.39 Å². The fourth-order valence-electron chi connectivity index (χ4n) is 2.31. The minimum absolute atomic E-state index is 0.00526. The number of hydrogen-bond acceptors (Lipinski definition) is 2. The summed E-state index contributed by atoms with van der Waals surface area (Å²) in [6.45, 7) is 0. The standard InChI is InChI=1S/C13H13Cl2FN2/c14-10-5-9(6-11(15)13(10)16)18-12-4-2-1-3-8(12)7-17/h5-6,8,12,18H,1-4H2. The third kappa shape index (κ3) is 2.88. The molecule has 0 spiro atoms. The van der Waals surface area contributed by atoms with Crippen molar-refractivity contribution >= 4 is 28.9 Å². The molecule has 0 aliphatic heterocycles. The minimum atomic E-state index is -0.607. The first kappa shape index (κ1) is 13.5. The number of anilines is 1. The second-order valence-corrected chi connectivity index (χ2v) is 5.34. The molecule has 1 aliphatic rings. The van der Waals surface area contributed by atoms with E-state index < -0.39 is 5.82 Å². The smallest absolute Gasteiger partial charge is 0.160 e. The monoisotopic (exact) mass is 286 g/mol. The van der Waals surface area contributed by atoms with Crippen LogP contribution < -0.4 is 5.32 Å². The van der Waals surface area contributed by atoms with Gasteiger partial charge < -0.3 is 5.32 Å². The van der Waals surface area contributed by atoms with Crippen molar-refractivity contribution in [2.75, 3.05) is 5.32 Å². The van der Waals surface area contributed by atoms with Crippen LogP contribution >= 0.6 is 23.2 Å². The summed E-state index contributed by atoms with van der Waals surface area (Å²) in [7, 11) is 0. The zero-order chi connectivity index (χ0) is 13.1. The van der Waals surface area contributed by atoms with Gasteiger partial charge in [0.1, 0.15) is 0 Å². The molecule has 2 rings (SSSR count). The fraction of sp³-hybridized carbons (Fsp3) is 0.462. The van der Waals surface area contributed by atoms with Gasteiger partial charge in [-0.15, -0.1) is 0 Å². The summed E-state index contributed by atoms with van der Waals surface area (Å²) in [4.78, 5) is 0. The largest absolute Gasteiger partial charge is 0.381 e. The third-order valence-corrected chi connectivity index (χ3v) is 3.82. The molecule has 5 heteroatoms. The molecule has 2 unspecified atom stereocenters. The summed E-state index contributed by atoms with van der Waals surface area (Å²) in [5.74, 6) is -0.620. The molecule has 2 atom stereocenters. The van der Waals surface area contributed by atoms with Gasteiger partial charge in [0.25, 0.3) is 0 Å². The van der Waals surface area contributed by atoms with Gasteiger partial charge in [-0.25, -0.2) is 4.39 Å². The molecule has 1 fully saturated rings. The van der Waals surface area contributed by atoms with Gasteiger partial charge in [-0.05, 0) is 25.0 Å². The predicted octanol–water partition coefficient (Wildman–Crippen LogP) is 4.63. The van der Waals surface area contributed by atoms with Crippen molar-refractivity contribution in [3.8, 4) is 6.07 Å². The van der Waals surface area contributed by atoms with Crippen molar-refractivity contribution in [2.24, 2.45) is 5.92 Å². The van der Waals surface area contributed by atoms with E-state index in [0.717, 1.165) is 25.7 Å². The van der Waals surface area contributed by atoms with Gasteiger partial charge >= 0.3 is 0 Å². The van der Waals surface area contributed by atoms with Crippen LogP contribution in [0.2, 0.25) is 10.0 Å². The normalized spacial score (nSPS) is 23.4. The zero-order valence-corrected chi connectivity index (χ0v) is 11.2. The molecule has 1 aliphatic carbocycles. The number of hydrogen-bond donors (Lipinski definition) is 1. The van der Waals surface area contributed by atoms with Crippen molar-refractivity contribution in [3.63, 3.8) is 0 Å². The highest BCUT2D eigenvalue weighted by Crippen LogP contribution is 2.31. The SMILES string of the molecule is N#CC1CCCCC1Nc1cc(Cl)c(F)c(Cl)c1. The number of nitriles is 1. The number of nitrogens with one attached hydrogen (secondary N) is 1. The molecule has 1 aromatic carbocycles. The van der Waals surface area contributed by atoms with Crippen molar-refractivity contribution in [2.45, 2.75) is 31.7 Å². The summed E-state index contributed by atoms with van der Waals surface area (Å²) in [5.41, 5.74) is 0.665. The van der Waals surface area contributed by atoms with Crippen molar-refractivity contribution in [1.82, 2.24) is 0 Å². The lowest BCUT2D eigenvalue weighted by Gasteiger charge is -2.28. The number of benzene rings is 1. The van der Waals surface area contributed by atoms with Crippen LogP contribution in [0.4, 0.5) is 10.1 Å². The van der Waals surface area contributed by atoms with E-state index in [4.69, 9.17) is 28.5 Å². The zero-order valence-electron chi connectivity index (χ0n) is 9.72. The summed E-state index contributed by atoms with van der Waals surface area (Å²) in [5, 5.41) is 12.3. The van der Waals surface area contributed by atoms with Crippen LogP contribution in [-0.4, -0.2) is 6.04 Å². The lowest BCUT2D eigenvalue weighted by atomic mass is 9.85. The molecular weight excluding hydrogens is 274 g/mol. The molecule has 0 bridgehead atoms. The summed E-state index contributed by atoms with van der Waals surface area (Å²) >= 11 is 11.5. The third-order valence-electron chi connectivity index (χ3n) is 3.27. The molecule has 1 aromatic rings. The topological polar surface area (TPSA) is 35.8 Å². The molecule has 0 saturated heterocycles. The molecule has 96 valence electrons. The van der Waals surface area contributed by atoms with Crippen LogP contribution in [0.15, 0.2) is 12.1 Å². The Bertz CT molecular complexity index is 461. The van der Waals surface area contributed by atoms with E-state index in [1.807, 2.05) is 0 Å². The maximum absolute atomic E-state index is 13.3. The number of nitrogens with zero attached hydrogens (tertiary/aromatic N) is 1. The average molecular weight is 287 g/mol. The molecule has 18 heavy (non-hydrogen) atoms. The second kappa shape index (κ2) is 5.77. The molecular formula is C13H13Cl2FN2. The van der Waals surface area contributed by atoms with Gasteiger partial charge in [-0.1, -0.05) is 36.0 Å². The minimum Gasteiger partial charge on any atom is -0.381 e. The summed E-state index contributed by atoms with van der Waals surface area (Å²) < 4.78 is 13.3. The molecule has 1 N–H and O–H groups in total. The van der Waals surface area contributed by atoms with Crippen LogP contribution in [-0.2, 0) is 0 Å². The maximum atomic E-state index is 13.3. The van der Waals surface area contributed by atoms with Gasteiger partial charge in [0.2, 0.25) is 0 Å². The second-order valence-electron chi connectivity index (χ2n) is 4.52. The molecule has 2 nitrogen and oxygen atoms in total. The molecule has 1 saturated carbocycles. The van der Waals surface area contributed by atoms with Gasteiger partial charge in [0.05, 0.1) is 22.0 Å². The van der Waals surface area contributed by atoms with Crippen LogP contribution in [0, 0.1) is 23.1 Å². The first-order chi connectivity index (χ1) is 8.61. The number of rotatable bonds is 2. The van der Waals surface area contributed by atoms with E-state index in [-0.39, 0.29) is 22.0 Å². The fourth-order valence-corrected chi connectivity index (χ4v) is 2.80. The lowest BCUT2D eigenvalue weighted by Crippen LogP contribution is -2.31. The first-order valence-corrected chi connectivity index (χ1v) is 6.68. The average Bonchev–Trinajstić information content (AvgIpc) is 2.36. The van der Waals surface area contributed by atoms with E-state index in [9.17, 15) is 4.39 Å². The Hall–Kier alpha value is -0.980. The first-order valence-electron chi connectivity index (χ1n) is 5.92. The molecule has 0 amide bonds. The van der Waals surface area contributed by atoms with Crippen LogP contribution in [0.5, 0.6) is 0 Å². The highest BCUT2D eigenvalue weighted by Gasteiger charge is 2.25. The van der Waals surface area contributed by atoms with Crippen molar-refractivity contribution in [1.29, 1.82) is 5.26 Å². The predicted molar refractivity (Wildman–Crippen MR) is 71.4 cm³/mol. The maximum Gasteiger partial charge on any atom is 0.160 e. The van der Waals surface area contributed by atoms with E-state index in [1.165, 1.54) is 12.1 Å². The molecule has 0 heterocycles. The van der Waals surface area contributed by atoms with E-state index in [2.05, 4.69) is 11.4 Å². The number of halogens is 3. The molecule has 0 radical (unpaired) electrons. The van der Waals surface area contributed by atoms with Gasteiger partial charge in [-0.2, -0.15) is 5.26 Å². The van der Waals surface area contributed by atoms with Gasteiger partial charge in [0.15, 0.2) is 5.82 Å². The Morgan fingerprint density at radius 2 is 1.83 bits per heavy atom. The Morgan fingerprint density at radius 1 is 1.22 bits per heavy atom. The van der Waals surface area contributed by atoms with Crippen molar-refractivity contribution in [3.05, 3.63) is 28.0 Å². The Kier molecular flexibility index (Phi) is 4.31. The van der Waals surface area contributed by atoms with E-state index >= 15 is 0 Å². The highest BCUT2D eigenvalue weighted by atomic mass is 35.5. The van der Waals surface area contributed by atoms with Crippen LogP contribution in [0.3, 0.4) is 0 Å². The Balaban J connectivity index is 2.16. The highest BCUT2D eigenvalue weighted by molar-refractivity contribution is 6.35. The van der Waals surface area contributed by atoms with Crippen LogP contribution in [0.25, 0.3) is 0 Å². The Morgan fingerprint density at radius 3 is 2.44 bits per heavy atom. The Labute approximate surface area is 116 Å². The lowest BCUT2D eigenvalue weighted by molar-refractivity contribution is 0.389. The van der Waals surface area contributed by atoms with Gasteiger partial charge in [0, 0.05) is 11.7 Å². The quantitative estimate of drug-likeness (QED) is 0.805. The molecule has 0 aromatic heterocycles. The van der Waals surface area contributed by atoms with E-state index in [0.29, 0.717) is 5.69 Å². The van der Waals surface area contributed by atoms with Gasteiger partial charge in [-0.3, -0.25) is 0 Å².